The topological polar surface area (TPSA) is 85.2 Å². The second-order valence-electron chi connectivity index (χ2n) is 4.01. The minimum Gasteiger partial charge on any atom is -0.478 e. The molecule has 98 valence electrons. The maximum absolute atomic E-state index is 10.7. The van der Waals surface area contributed by atoms with Crippen LogP contribution >= 0.6 is 0 Å². The molecule has 0 aliphatic rings. The molecule has 1 N–H and O–H groups in total. The van der Waals surface area contributed by atoms with Crippen molar-refractivity contribution in [2.75, 3.05) is 0 Å². The molecule has 1 aromatic heterocycles. The summed E-state index contributed by atoms with van der Waals surface area (Å²) in [6.45, 7) is 0. The molecule has 2 aromatic carbocycles. The molecular formula is C14H9N3O3. The van der Waals surface area contributed by atoms with Gasteiger partial charge in [-0.3, -0.25) is 0 Å². The van der Waals surface area contributed by atoms with Crippen LogP contribution in [0.5, 0.6) is 11.8 Å². The minimum atomic E-state index is -0.986. The first-order chi connectivity index (χ1) is 9.72. The molecule has 20 heavy (non-hydrogen) atoms. The number of aromatic carboxylic acids is 1. The van der Waals surface area contributed by atoms with E-state index >= 15 is 0 Å². The van der Waals surface area contributed by atoms with Crippen LogP contribution in [0, 0.1) is 0 Å². The molecule has 0 saturated carbocycles. The molecule has 0 saturated heterocycles. The normalized spacial score (nSPS) is 10.4. The second-order valence-corrected chi connectivity index (χ2v) is 4.01. The number of benzene rings is 2. The Hall–Kier alpha value is -3.02. The van der Waals surface area contributed by atoms with Gasteiger partial charge in [0, 0.05) is 0 Å². The lowest BCUT2D eigenvalue weighted by Crippen LogP contribution is -1.97. The van der Waals surface area contributed by atoms with E-state index in [-0.39, 0.29) is 11.6 Å². The molecule has 0 atom stereocenters. The van der Waals surface area contributed by atoms with E-state index < -0.39 is 5.97 Å². The van der Waals surface area contributed by atoms with Gasteiger partial charge in [-0.15, -0.1) is 5.10 Å². The largest absolute Gasteiger partial charge is 0.478 e. The Labute approximate surface area is 113 Å². The lowest BCUT2D eigenvalue weighted by molar-refractivity contribution is 0.0697. The molecule has 0 unspecified atom stereocenters. The van der Waals surface area contributed by atoms with Crippen molar-refractivity contribution in [3.63, 3.8) is 0 Å². The first-order valence-electron chi connectivity index (χ1n) is 5.83. The Morgan fingerprint density at radius 2 is 1.65 bits per heavy atom. The van der Waals surface area contributed by atoms with Gasteiger partial charge in [0.2, 0.25) is 0 Å². The van der Waals surface area contributed by atoms with Crippen LogP contribution in [0.25, 0.3) is 11.0 Å². The molecule has 1 heterocycles. The summed E-state index contributed by atoms with van der Waals surface area (Å²) in [7, 11) is 0. The van der Waals surface area contributed by atoms with Crippen molar-refractivity contribution in [2.24, 2.45) is 0 Å². The van der Waals surface area contributed by atoms with Crippen LogP contribution in [0.15, 0.2) is 48.5 Å². The van der Waals surface area contributed by atoms with Crippen molar-refractivity contribution < 1.29 is 14.6 Å². The number of ether oxygens (including phenoxy) is 1. The van der Waals surface area contributed by atoms with Crippen LogP contribution in [0.2, 0.25) is 0 Å². The Morgan fingerprint density at radius 1 is 0.950 bits per heavy atom. The zero-order valence-electron chi connectivity index (χ0n) is 10.2. The predicted octanol–water partition coefficient (Wildman–Crippen LogP) is 2.52. The Bertz CT molecular complexity index is 772. The molecular weight excluding hydrogens is 258 g/mol. The van der Waals surface area contributed by atoms with E-state index in [1.807, 2.05) is 18.2 Å². The van der Waals surface area contributed by atoms with E-state index in [0.29, 0.717) is 16.8 Å². The van der Waals surface area contributed by atoms with Crippen LogP contribution in [0.3, 0.4) is 0 Å². The lowest BCUT2D eigenvalue weighted by atomic mass is 10.2. The number of fused-ring (bicyclic) bond motifs is 1. The van der Waals surface area contributed by atoms with Gasteiger partial charge in [0.25, 0.3) is 0 Å². The van der Waals surface area contributed by atoms with Gasteiger partial charge in [-0.05, 0) is 36.4 Å². The molecule has 0 radical (unpaired) electrons. The Morgan fingerprint density at radius 3 is 2.35 bits per heavy atom. The summed E-state index contributed by atoms with van der Waals surface area (Å²) in [4.78, 5) is 15.0. The fourth-order valence-corrected chi connectivity index (χ4v) is 1.68. The monoisotopic (exact) mass is 267 g/mol. The number of aromatic nitrogens is 3. The number of para-hydroxylation sites is 1. The third-order valence-electron chi connectivity index (χ3n) is 2.65. The van der Waals surface area contributed by atoms with Gasteiger partial charge in [0.1, 0.15) is 11.3 Å². The van der Waals surface area contributed by atoms with E-state index in [1.165, 1.54) is 12.1 Å². The fourth-order valence-electron chi connectivity index (χ4n) is 1.68. The molecule has 3 aromatic rings. The molecule has 0 spiro atoms. The first kappa shape index (κ1) is 12.0. The molecule has 0 fully saturated rings. The van der Waals surface area contributed by atoms with Gasteiger partial charge >= 0.3 is 12.0 Å². The summed E-state index contributed by atoms with van der Waals surface area (Å²) in [5, 5.41) is 16.7. The van der Waals surface area contributed by atoms with Crippen LogP contribution in [-0.4, -0.2) is 26.3 Å². The van der Waals surface area contributed by atoms with Crippen LogP contribution in [-0.2, 0) is 0 Å². The lowest BCUT2D eigenvalue weighted by Gasteiger charge is -2.04. The highest BCUT2D eigenvalue weighted by atomic mass is 16.5. The number of nitrogens with zero attached hydrogens (tertiary/aromatic N) is 3. The maximum Gasteiger partial charge on any atom is 0.341 e. The van der Waals surface area contributed by atoms with Gasteiger partial charge in [-0.1, -0.05) is 17.2 Å². The van der Waals surface area contributed by atoms with Gasteiger partial charge in [-0.2, -0.15) is 4.98 Å². The average Bonchev–Trinajstić information content (AvgIpc) is 2.48. The van der Waals surface area contributed by atoms with Crippen molar-refractivity contribution in [3.8, 4) is 11.8 Å². The van der Waals surface area contributed by atoms with Gasteiger partial charge in [0.05, 0.1) is 11.1 Å². The van der Waals surface area contributed by atoms with E-state index in [9.17, 15) is 4.79 Å². The molecule has 0 amide bonds. The van der Waals surface area contributed by atoms with Crippen molar-refractivity contribution >= 4 is 17.0 Å². The minimum absolute atomic E-state index is 0.117. The van der Waals surface area contributed by atoms with Crippen LogP contribution < -0.4 is 4.74 Å². The number of carboxylic acids is 1. The zero-order chi connectivity index (χ0) is 13.9. The summed E-state index contributed by atoms with van der Waals surface area (Å²) in [6, 6.07) is 13.4. The Kier molecular flexibility index (Phi) is 2.96. The number of hydrogen-bond acceptors (Lipinski definition) is 5. The number of hydrogen-bond donors (Lipinski definition) is 1. The molecule has 3 rings (SSSR count). The standard InChI is InChI=1S/C14H9N3O3/c18-13(19)9-5-7-10(8-6-9)20-14-15-11-3-1-2-4-12(11)16-17-14/h1-8H,(H,18,19). The Balaban J connectivity index is 1.87. The van der Waals surface area contributed by atoms with E-state index in [1.54, 1.807) is 18.2 Å². The maximum atomic E-state index is 10.7. The smallest absolute Gasteiger partial charge is 0.341 e. The van der Waals surface area contributed by atoms with E-state index in [0.717, 1.165) is 0 Å². The molecule has 0 aliphatic carbocycles. The van der Waals surface area contributed by atoms with Crippen molar-refractivity contribution in [2.45, 2.75) is 0 Å². The summed E-state index contributed by atoms with van der Waals surface area (Å²) in [6.07, 6.45) is 0. The predicted molar refractivity (Wildman–Crippen MR) is 70.8 cm³/mol. The van der Waals surface area contributed by atoms with Crippen molar-refractivity contribution in [1.29, 1.82) is 0 Å². The van der Waals surface area contributed by atoms with E-state index in [4.69, 9.17) is 9.84 Å². The van der Waals surface area contributed by atoms with E-state index in [2.05, 4.69) is 15.2 Å². The summed E-state index contributed by atoms with van der Waals surface area (Å²) in [5.41, 5.74) is 1.55. The zero-order valence-corrected chi connectivity index (χ0v) is 10.2. The van der Waals surface area contributed by atoms with Gasteiger partial charge in [0.15, 0.2) is 0 Å². The third kappa shape index (κ3) is 2.39. The third-order valence-corrected chi connectivity index (χ3v) is 2.65. The van der Waals surface area contributed by atoms with Crippen molar-refractivity contribution in [3.05, 3.63) is 54.1 Å². The summed E-state index contributed by atoms with van der Waals surface area (Å²) >= 11 is 0. The fraction of sp³-hybridized carbons (Fsp3) is 0. The summed E-state index contributed by atoms with van der Waals surface area (Å²) < 4.78 is 5.44. The van der Waals surface area contributed by atoms with Crippen LogP contribution in [0.1, 0.15) is 10.4 Å². The highest BCUT2D eigenvalue weighted by Crippen LogP contribution is 2.19. The highest BCUT2D eigenvalue weighted by molar-refractivity contribution is 5.87. The SMILES string of the molecule is O=C(O)c1ccc(Oc2nnc3ccccc3n2)cc1. The number of carboxylic acid groups (broad SMARTS) is 1. The first-order valence-corrected chi connectivity index (χ1v) is 5.83. The molecule has 0 bridgehead atoms. The second kappa shape index (κ2) is 4.93. The molecule has 0 aliphatic heterocycles. The number of carbonyl (C=O) groups is 1. The molecule has 6 nitrogen and oxygen atoms in total. The molecule has 6 heteroatoms. The number of rotatable bonds is 3. The highest BCUT2D eigenvalue weighted by Gasteiger charge is 2.06. The van der Waals surface area contributed by atoms with Crippen molar-refractivity contribution in [1.82, 2.24) is 15.2 Å². The van der Waals surface area contributed by atoms with Gasteiger partial charge in [-0.25, -0.2) is 4.79 Å². The summed E-state index contributed by atoms with van der Waals surface area (Å²) in [5.74, 6) is -0.535. The average molecular weight is 267 g/mol. The quantitative estimate of drug-likeness (QED) is 0.784. The van der Waals surface area contributed by atoms with Gasteiger partial charge < -0.3 is 9.84 Å². The van der Waals surface area contributed by atoms with Crippen LogP contribution in [0.4, 0.5) is 0 Å².